The molecule has 3 heterocycles. The molecule has 8 N–H and O–H groups in total. The van der Waals surface area contributed by atoms with E-state index < -0.39 is 76.9 Å². The summed E-state index contributed by atoms with van der Waals surface area (Å²) in [5, 5.41) is 37.5. The number of hydroxylamine groups is 2. The number of anilines is 1. The lowest BCUT2D eigenvalue weighted by atomic mass is 9.79. The normalized spacial score (nSPS) is 30.0. The van der Waals surface area contributed by atoms with E-state index in [9.17, 15) is 48.5 Å². The van der Waals surface area contributed by atoms with E-state index in [0.717, 1.165) is 15.8 Å². The highest BCUT2D eigenvalue weighted by molar-refractivity contribution is 7.66. The number of piperidine rings is 1. The van der Waals surface area contributed by atoms with Crippen molar-refractivity contribution in [3.63, 3.8) is 0 Å². The van der Waals surface area contributed by atoms with Crippen molar-refractivity contribution in [2.75, 3.05) is 11.9 Å². The maximum atomic E-state index is 12.6. The fourth-order valence-corrected chi connectivity index (χ4v) is 7.96. The third kappa shape index (κ3) is 8.41. The van der Waals surface area contributed by atoms with Crippen molar-refractivity contribution in [2.24, 2.45) is 0 Å². The fourth-order valence-electron chi connectivity index (χ4n) is 4.93. The van der Waals surface area contributed by atoms with Crippen LogP contribution in [-0.2, 0) is 36.8 Å². The van der Waals surface area contributed by atoms with Crippen LogP contribution in [0.3, 0.4) is 0 Å². The van der Waals surface area contributed by atoms with Crippen molar-refractivity contribution in [1.82, 2.24) is 14.6 Å². The zero-order chi connectivity index (χ0) is 31.3. The molecule has 1 radical (unpaired) electrons. The van der Waals surface area contributed by atoms with Crippen molar-refractivity contribution in [1.29, 1.82) is 0 Å². The number of hydrogen-bond acceptors (Lipinski definition) is 13. The van der Waals surface area contributed by atoms with Crippen LogP contribution in [0.5, 0.6) is 0 Å². The molecular weight excluding hydrogens is 621 g/mol. The number of hydrogen-bond donors (Lipinski definition) is 8. The Balaban J connectivity index is 1.75. The van der Waals surface area contributed by atoms with E-state index in [2.05, 4.69) is 18.5 Å². The molecule has 0 aromatic carbocycles. The highest BCUT2D eigenvalue weighted by Gasteiger charge is 2.48. The number of aromatic nitrogens is 2. The second kappa shape index (κ2) is 11.6. The lowest BCUT2D eigenvalue weighted by Gasteiger charge is -2.50. The lowest BCUT2D eigenvalue weighted by Crippen LogP contribution is -2.60. The van der Waals surface area contributed by atoms with E-state index in [1.165, 1.54) is 0 Å². The minimum Gasteiger partial charge on any atom is -0.387 e. The molecular formula is C18H32N4O16P3. The average Bonchev–Trinajstić information content (AvgIpc) is 3.03. The van der Waals surface area contributed by atoms with Gasteiger partial charge in [0.15, 0.2) is 6.23 Å². The van der Waals surface area contributed by atoms with Crippen LogP contribution in [0.2, 0.25) is 0 Å². The first kappa shape index (κ1) is 34.2. The molecule has 2 unspecified atom stereocenters. The SMILES string of the molecule is CC1(C)CC(Nc2cn([C@@H]3O[C@H](COP(=O)(O)OP(=O)(O)OP(=O)(O)O)[C@@H](O)[C@H]3O)c(=O)[nH]c2=O)CC(C)(C)N1[O]. The van der Waals surface area contributed by atoms with E-state index in [1.807, 2.05) is 4.98 Å². The molecule has 1 aromatic rings. The second-order valence-electron chi connectivity index (χ2n) is 10.8. The van der Waals surface area contributed by atoms with Gasteiger partial charge in [0.1, 0.15) is 24.0 Å². The third-order valence-corrected chi connectivity index (χ3v) is 10.2. The summed E-state index contributed by atoms with van der Waals surface area (Å²) in [5.74, 6) is 0. The maximum Gasteiger partial charge on any atom is 0.490 e. The molecule has 2 fully saturated rings. The molecule has 2 aliphatic heterocycles. The minimum atomic E-state index is -5.80. The monoisotopic (exact) mass is 653 g/mol. The molecule has 6 atom stereocenters. The molecule has 2 aliphatic rings. The molecule has 0 spiro atoms. The summed E-state index contributed by atoms with van der Waals surface area (Å²) in [4.78, 5) is 63.1. The Bertz CT molecular complexity index is 1370. The van der Waals surface area contributed by atoms with E-state index in [1.54, 1.807) is 27.7 Å². The van der Waals surface area contributed by atoms with Gasteiger partial charge in [-0.2, -0.15) is 8.62 Å². The van der Waals surface area contributed by atoms with Crippen LogP contribution in [0.25, 0.3) is 0 Å². The molecule has 235 valence electrons. The highest BCUT2D eigenvalue weighted by Crippen LogP contribution is 2.66. The van der Waals surface area contributed by atoms with Gasteiger partial charge in [0.25, 0.3) is 5.56 Å². The zero-order valence-electron chi connectivity index (χ0n) is 22.1. The van der Waals surface area contributed by atoms with Gasteiger partial charge in [-0.25, -0.2) is 18.5 Å². The maximum absolute atomic E-state index is 12.6. The Labute approximate surface area is 231 Å². The van der Waals surface area contributed by atoms with Crippen molar-refractivity contribution in [3.8, 4) is 0 Å². The summed E-state index contributed by atoms with van der Waals surface area (Å²) in [6, 6.07) is -0.380. The lowest BCUT2D eigenvalue weighted by molar-refractivity contribution is -0.288. The number of nitrogens with zero attached hydrogens (tertiary/aromatic N) is 2. The molecule has 1 aromatic heterocycles. The molecule has 0 amide bonds. The van der Waals surface area contributed by atoms with Gasteiger partial charge in [-0.3, -0.25) is 18.9 Å². The van der Waals surface area contributed by atoms with Crippen molar-refractivity contribution in [2.45, 2.75) is 82.2 Å². The Hall–Kier alpha value is -1.31. The number of aliphatic hydroxyl groups is 2. The van der Waals surface area contributed by atoms with Crippen LogP contribution in [0.4, 0.5) is 5.69 Å². The Kier molecular flexibility index (Phi) is 9.71. The zero-order valence-corrected chi connectivity index (χ0v) is 24.8. The summed E-state index contributed by atoms with van der Waals surface area (Å²) in [7, 11) is -17.0. The van der Waals surface area contributed by atoms with Crippen molar-refractivity contribution in [3.05, 3.63) is 27.0 Å². The summed E-state index contributed by atoms with van der Waals surface area (Å²) in [6.07, 6.45) is -5.35. The van der Waals surface area contributed by atoms with Gasteiger partial charge in [-0.15, -0.1) is 10.3 Å². The van der Waals surface area contributed by atoms with Gasteiger partial charge >= 0.3 is 29.2 Å². The number of phosphoric ester groups is 1. The Morgan fingerprint density at radius 3 is 2.10 bits per heavy atom. The van der Waals surface area contributed by atoms with E-state index >= 15 is 0 Å². The average molecular weight is 653 g/mol. The first-order valence-electron chi connectivity index (χ1n) is 11.8. The standard InChI is InChI=1S/C18H32N4O16P3/c1-17(2)5-9(6-18(3,4)22(17)27)19-10-7-21(16(26)20-14(10)25)15-13(24)12(23)11(36-15)8-35-40(31,32)38-41(33,34)37-39(28,29)30/h7,9,11-13,15,19,23-24H,5-6,8H2,1-4H3,(H,31,32)(H,33,34)(H,20,25,26)(H2,28,29,30)/t11-,12-,13-,15-/m1/s1. The van der Waals surface area contributed by atoms with Gasteiger partial charge in [-0.1, -0.05) is 0 Å². The van der Waals surface area contributed by atoms with E-state index in [4.69, 9.17) is 14.5 Å². The summed E-state index contributed by atoms with van der Waals surface area (Å²) in [5.41, 5.74) is -3.57. The van der Waals surface area contributed by atoms with Crippen molar-refractivity contribution < 1.29 is 66.6 Å². The van der Waals surface area contributed by atoms with Gasteiger partial charge in [0.2, 0.25) is 0 Å². The number of rotatable bonds is 10. The topological polar surface area (TPSA) is 300 Å². The number of H-pyrrole nitrogens is 1. The minimum absolute atomic E-state index is 0.123. The number of phosphoric acid groups is 3. The summed E-state index contributed by atoms with van der Waals surface area (Å²) in [6.45, 7) is 5.88. The number of aromatic amines is 1. The van der Waals surface area contributed by atoms with Crippen molar-refractivity contribution >= 4 is 29.2 Å². The van der Waals surface area contributed by atoms with E-state index in [0.29, 0.717) is 12.8 Å². The number of nitrogens with one attached hydrogen (secondary N) is 2. The van der Waals surface area contributed by atoms with Crippen LogP contribution in [-0.4, -0.2) is 86.4 Å². The second-order valence-corrected chi connectivity index (χ2v) is 15.2. The Morgan fingerprint density at radius 1 is 1.00 bits per heavy atom. The number of aliphatic hydroxyl groups excluding tert-OH is 2. The third-order valence-electron chi connectivity index (χ3n) is 6.35. The van der Waals surface area contributed by atoms with Crippen LogP contribution in [0.1, 0.15) is 46.8 Å². The van der Waals surface area contributed by atoms with E-state index in [-0.39, 0.29) is 11.7 Å². The molecule has 0 aliphatic carbocycles. The summed E-state index contributed by atoms with van der Waals surface area (Å²) >= 11 is 0. The predicted molar refractivity (Wildman–Crippen MR) is 134 cm³/mol. The van der Waals surface area contributed by atoms with Crippen LogP contribution in [0, 0.1) is 0 Å². The largest absolute Gasteiger partial charge is 0.490 e. The van der Waals surface area contributed by atoms with Crippen LogP contribution in [0.15, 0.2) is 15.8 Å². The molecule has 0 saturated carbocycles. The van der Waals surface area contributed by atoms with Gasteiger partial charge in [-0.05, 0) is 40.5 Å². The molecule has 20 nitrogen and oxygen atoms in total. The molecule has 23 heteroatoms. The molecule has 41 heavy (non-hydrogen) atoms. The number of ether oxygens (including phenoxy) is 1. The van der Waals surface area contributed by atoms with Crippen LogP contribution < -0.4 is 16.6 Å². The van der Waals surface area contributed by atoms with Gasteiger partial charge in [0.05, 0.1) is 6.61 Å². The predicted octanol–water partition coefficient (Wildman–Crippen LogP) is -0.722. The quantitative estimate of drug-likeness (QED) is 0.144. The van der Waals surface area contributed by atoms with Gasteiger partial charge < -0.3 is 39.8 Å². The van der Waals surface area contributed by atoms with Gasteiger partial charge in [0, 0.05) is 23.3 Å². The summed E-state index contributed by atoms with van der Waals surface area (Å²) < 4.78 is 51.9. The Morgan fingerprint density at radius 2 is 1.56 bits per heavy atom. The molecule has 2 saturated heterocycles. The molecule has 0 bridgehead atoms. The van der Waals surface area contributed by atoms with Crippen LogP contribution >= 0.6 is 23.5 Å². The molecule has 3 rings (SSSR count). The first-order chi connectivity index (χ1) is 18.4. The first-order valence-corrected chi connectivity index (χ1v) is 16.3. The smallest absolute Gasteiger partial charge is 0.387 e. The fraction of sp³-hybridized carbons (Fsp3) is 0.778. The highest BCUT2D eigenvalue weighted by atomic mass is 31.3.